The third-order valence-electron chi connectivity index (χ3n) is 3.18. The zero-order valence-corrected chi connectivity index (χ0v) is 13.6. The number of hydrogen-bond acceptors (Lipinski definition) is 2. The third kappa shape index (κ3) is 3.80. The second kappa shape index (κ2) is 6.06. The first kappa shape index (κ1) is 14.5. The molecule has 0 fully saturated rings. The van der Waals surface area contributed by atoms with Gasteiger partial charge in [-0.05, 0) is 56.9 Å². The predicted octanol–water partition coefficient (Wildman–Crippen LogP) is 5.74. The fraction of sp³-hybridized carbons (Fsp3) is 0.294. The van der Waals surface area contributed by atoms with Gasteiger partial charge in [0.15, 0.2) is 0 Å². The molecule has 0 aliphatic carbocycles. The number of aryl methyl sites for hydroxylation is 1. The van der Waals surface area contributed by atoms with Crippen molar-refractivity contribution in [3.8, 4) is 0 Å². The standard InChI is InChI=1S/C17H20S2/c1-13-5-7-14(8-6-13)17(2,3)19-16-11-9-15(18-4)10-12-16/h5-12H,1-4H3. The van der Waals surface area contributed by atoms with Crippen LogP contribution < -0.4 is 0 Å². The minimum absolute atomic E-state index is 0.0918. The van der Waals surface area contributed by atoms with Crippen molar-refractivity contribution in [3.05, 3.63) is 59.7 Å². The quantitative estimate of drug-likeness (QED) is 0.657. The minimum atomic E-state index is 0.0918. The largest absolute Gasteiger partial charge is 0.130 e. The molecule has 0 nitrogen and oxygen atoms in total. The molecule has 100 valence electrons. The zero-order valence-electron chi connectivity index (χ0n) is 11.9. The van der Waals surface area contributed by atoms with E-state index in [-0.39, 0.29) is 4.75 Å². The average molecular weight is 288 g/mol. The van der Waals surface area contributed by atoms with Gasteiger partial charge >= 0.3 is 0 Å². The van der Waals surface area contributed by atoms with E-state index >= 15 is 0 Å². The summed E-state index contributed by atoms with van der Waals surface area (Å²) >= 11 is 3.70. The van der Waals surface area contributed by atoms with Crippen molar-refractivity contribution in [1.82, 2.24) is 0 Å². The first-order valence-electron chi connectivity index (χ1n) is 6.41. The van der Waals surface area contributed by atoms with Crippen LogP contribution in [0.25, 0.3) is 0 Å². The molecule has 2 aromatic carbocycles. The molecule has 2 rings (SSSR count). The highest BCUT2D eigenvalue weighted by Gasteiger charge is 2.21. The Labute approximate surface area is 125 Å². The second-order valence-corrected chi connectivity index (χ2v) is 7.73. The Morgan fingerprint density at radius 3 is 1.84 bits per heavy atom. The van der Waals surface area contributed by atoms with E-state index in [1.165, 1.54) is 20.9 Å². The fourth-order valence-corrected chi connectivity index (χ4v) is 3.48. The monoisotopic (exact) mass is 288 g/mol. The van der Waals surface area contributed by atoms with E-state index in [0.29, 0.717) is 0 Å². The Morgan fingerprint density at radius 1 is 0.789 bits per heavy atom. The molecule has 0 saturated carbocycles. The van der Waals surface area contributed by atoms with Crippen molar-refractivity contribution in [2.45, 2.75) is 35.3 Å². The molecule has 0 radical (unpaired) electrons. The topological polar surface area (TPSA) is 0 Å². The summed E-state index contributed by atoms with van der Waals surface area (Å²) in [7, 11) is 0. The van der Waals surface area contributed by atoms with Gasteiger partial charge in [-0.2, -0.15) is 0 Å². The SMILES string of the molecule is CSc1ccc(SC(C)(C)c2ccc(C)cc2)cc1. The number of benzene rings is 2. The number of hydrogen-bond donors (Lipinski definition) is 0. The molecule has 19 heavy (non-hydrogen) atoms. The Hall–Kier alpha value is -0.860. The van der Waals surface area contributed by atoms with Gasteiger partial charge in [-0.25, -0.2) is 0 Å². The van der Waals surface area contributed by atoms with Crippen LogP contribution in [0, 0.1) is 6.92 Å². The smallest absolute Gasteiger partial charge is 0.0399 e. The van der Waals surface area contributed by atoms with Crippen LogP contribution in [0.3, 0.4) is 0 Å². The van der Waals surface area contributed by atoms with E-state index in [2.05, 4.69) is 75.6 Å². The number of thioether (sulfide) groups is 2. The van der Waals surface area contributed by atoms with Crippen LogP contribution in [0.1, 0.15) is 25.0 Å². The van der Waals surface area contributed by atoms with E-state index in [9.17, 15) is 0 Å². The van der Waals surface area contributed by atoms with Crippen molar-refractivity contribution >= 4 is 23.5 Å². The molecule has 0 bridgehead atoms. The summed E-state index contributed by atoms with van der Waals surface area (Å²) in [6.07, 6.45) is 2.11. The molecule has 2 aromatic rings. The first-order valence-corrected chi connectivity index (χ1v) is 8.45. The van der Waals surface area contributed by atoms with Crippen LogP contribution in [0.2, 0.25) is 0 Å². The molecule has 0 saturated heterocycles. The summed E-state index contributed by atoms with van der Waals surface area (Å²) in [5.41, 5.74) is 2.69. The predicted molar refractivity (Wildman–Crippen MR) is 88.3 cm³/mol. The molecular formula is C17H20S2. The minimum Gasteiger partial charge on any atom is -0.130 e. The summed E-state index contributed by atoms with van der Waals surface area (Å²) in [4.78, 5) is 2.64. The zero-order chi connectivity index (χ0) is 13.9. The van der Waals surface area contributed by atoms with Gasteiger partial charge in [-0.15, -0.1) is 23.5 Å². The molecule has 0 aliphatic rings. The first-order chi connectivity index (χ1) is 9.01. The Kier molecular flexibility index (Phi) is 4.64. The van der Waals surface area contributed by atoms with Crippen LogP contribution in [-0.4, -0.2) is 6.26 Å². The van der Waals surface area contributed by atoms with E-state index in [1.807, 2.05) is 11.8 Å². The van der Waals surface area contributed by atoms with Gasteiger partial charge in [0.1, 0.15) is 0 Å². The van der Waals surface area contributed by atoms with Crippen LogP contribution in [0.15, 0.2) is 58.3 Å². The Balaban J connectivity index is 2.17. The third-order valence-corrected chi connectivity index (χ3v) is 5.18. The number of rotatable bonds is 4. The van der Waals surface area contributed by atoms with Gasteiger partial charge in [-0.1, -0.05) is 29.8 Å². The van der Waals surface area contributed by atoms with Crippen molar-refractivity contribution in [3.63, 3.8) is 0 Å². The molecule has 2 heteroatoms. The lowest BCUT2D eigenvalue weighted by atomic mass is 10.0. The van der Waals surface area contributed by atoms with Gasteiger partial charge in [-0.3, -0.25) is 0 Å². The van der Waals surface area contributed by atoms with Gasteiger partial charge < -0.3 is 0 Å². The molecular weight excluding hydrogens is 268 g/mol. The van der Waals surface area contributed by atoms with Crippen LogP contribution in [0.4, 0.5) is 0 Å². The lowest BCUT2D eigenvalue weighted by molar-refractivity contribution is 0.781. The van der Waals surface area contributed by atoms with E-state index < -0.39 is 0 Å². The maximum atomic E-state index is 2.28. The summed E-state index contributed by atoms with van der Waals surface area (Å²) in [6.45, 7) is 6.70. The van der Waals surface area contributed by atoms with Crippen molar-refractivity contribution in [2.75, 3.05) is 6.26 Å². The fourth-order valence-electron chi connectivity index (χ4n) is 1.95. The van der Waals surface area contributed by atoms with E-state index in [4.69, 9.17) is 0 Å². The molecule has 0 N–H and O–H groups in total. The molecule has 0 aliphatic heterocycles. The summed E-state index contributed by atoms with van der Waals surface area (Å²) in [5.74, 6) is 0. The highest BCUT2D eigenvalue weighted by atomic mass is 32.2. The van der Waals surface area contributed by atoms with Crippen molar-refractivity contribution < 1.29 is 0 Å². The molecule has 0 aromatic heterocycles. The van der Waals surface area contributed by atoms with Crippen molar-refractivity contribution in [2.24, 2.45) is 0 Å². The summed E-state index contributed by atoms with van der Waals surface area (Å²) in [5, 5.41) is 0. The molecule has 0 heterocycles. The average Bonchev–Trinajstić information content (AvgIpc) is 2.40. The van der Waals surface area contributed by atoms with Gasteiger partial charge in [0.25, 0.3) is 0 Å². The van der Waals surface area contributed by atoms with Crippen molar-refractivity contribution in [1.29, 1.82) is 0 Å². The second-order valence-electron chi connectivity index (χ2n) is 5.15. The molecule has 0 amide bonds. The Morgan fingerprint density at radius 2 is 1.32 bits per heavy atom. The van der Waals surface area contributed by atoms with Crippen LogP contribution in [-0.2, 0) is 4.75 Å². The van der Waals surface area contributed by atoms with Gasteiger partial charge in [0.2, 0.25) is 0 Å². The highest BCUT2D eigenvalue weighted by molar-refractivity contribution is 8.00. The lowest BCUT2D eigenvalue weighted by Gasteiger charge is -2.25. The maximum Gasteiger partial charge on any atom is 0.0399 e. The Bertz CT molecular complexity index is 524. The molecule has 0 atom stereocenters. The van der Waals surface area contributed by atoms with Gasteiger partial charge in [0, 0.05) is 14.5 Å². The lowest BCUT2D eigenvalue weighted by Crippen LogP contribution is -2.11. The summed E-state index contributed by atoms with van der Waals surface area (Å²) in [6, 6.07) is 17.7. The van der Waals surface area contributed by atoms with Crippen LogP contribution >= 0.6 is 23.5 Å². The van der Waals surface area contributed by atoms with Crippen LogP contribution in [0.5, 0.6) is 0 Å². The highest BCUT2D eigenvalue weighted by Crippen LogP contribution is 2.41. The van der Waals surface area contributed by atoms with Gasteiger partial charge in [0.05, 0.1) is 0 Å². The normalized spacial score (nSPS) is 11.6. The summed E-state index contributed by atoms with van der Waals surface area (Å²) < 4.78 is 0.0918. The molecule has 0 unspecified atom stereocenters. The molecule has 0 spiro atoms. The maximum absolute atomic E-state index is 2.28. The van der Waals surface area contributed by atoms with E-state index in [1.54, 1.807) is 11.8 Å². The van der Waals surface area contributed by atoms with E-state index in [0.717, 1.165) is 0 Å².